The van der Waals surface area contributed by atoms with E-state index in [1.807, 2.05) is 83.3 Å². The zero-order valence-corrected chi connectivity index (χ0v) is 51.1. The van der Waals surface area contributed by atoms with Gasteiger partial charge in [-0.25, -0.2) is 0 Å². The van der Waals surface area contributed by atoms with E-state index in [1.54, 1.807) is 14.0 Å². The Morgan fingerprint density at radius 2 is 1.48 bits per heavy atom. The van der Waals surface area contributed by atoms with Crippen molar-refractivity contribution in [2.75, 3.05) is 27.8 Å². The lowest BCUT2D eigenvalue weighted by Gasteiger charge is -2.52. The zero-order chi connectivity index (χ0) is 55.2. The van der Waals surface area contributed by atoms with Crippen molar-refractivity contribution in [3.8, 4) is 12.3 Å². The molecule has 4 fully saturated rings. The van der Waals surface area contributed by atoms with Gasteiger partial charge in [0.2, 0.25) is 5.79 Å². The molecule has 0 spiro atoms. The first kappa shape index (κ1) is 64.0. The molecular weight excluding hydrogens is 969 g/mol. The highest BCUT2D eigenvalue weighted by atomic mass is 28.4. The van der Waals surface area contributed by atoms with Crippen molar-refractivity contribution < 1.29 is 66.6 Å². The summed E-state index contributed by atoms with van der Waals surface area (Å²) in [6.45, 7) is 35.6. The van der Waals surface area contributed by atoms with Crippen LogP contribution in [-0.2, 0) is 56.4 Å². The Bertz CT molecular complexity index is 1810. The predicted molar refractivity (Wildman–Crippen MR) is 289 cm³/mol. The third-order valence-corrected chi connectivity index (χ3v) is 17.6. The topological polar surface area (TPSA) is 175 Å². The number of hydrogen-bond acceptors (Lipinski definition) is 16. The summed E-state index contributed by atoms with van der Waals surface area (Å²) in [5.41, 5.74) is -3.61. The molecule has 4 rings (SSSR count). The summed E-state index contributed by atoms with van der Waals surface area (Å²) in [5.74, 6) is -1.93. The molecular formula is C55H102N2O14Si2. The maximum atomic E-state index is 15.0. The fourth-order valence-electron chi connectivity index (χ4n) is 11.9. The van der Waals surface area contributed by atoms with Crippen molar-refractivity contribution in [1.29, 1.82) is 0 Å². The van der Waals surface area contributed by atoms with Gasteiger partial charge in [0.15, 0.2) is 29.2 Å². The number of carbonyl (C=O) groups is 1. The summed E-state index contributed by atoms with van der Waals surface area (Å²) in [6, 6.07) is -0.0700. The first-order chi connectivity index (χ1) is 33.7. The zero-order valence-electron chi connectivity index (χ0n) is 49.1. The minimum Gasteiger partial charge on any atom is -0.459 e. The summed E-state index contributed by atoms with van der Waals surface area (Å²) in [4.78, 5) is 23.8. The van der Waals surface area contributed by atoms with Gasteiger partial charge >= 0.3 is 5.97 Å². The van der Waals surface area contributed by atoms with E-state index in [2.05, 4.69) is 50.1 Å². The SMILES string of the molecule is C#CCO[C@@]1(C)C[C@@H](C)/C(=N\OC2(OC(C)C)CCCCC2)[C@@H](C)[C@@H](O)[C@](C)(O)[C@H](CC)OC(=O)[C@H](C)[C@@H](O[C@H]2C[C@@](C)(OC)[C@@H](O[Si](C)(C)C)[C@H](C)O2)[C@H](C)[C@H]1O[C@@H]1O[C@H](C)C[C@H](N(C)C)[C@H]1O[Si](C)(C)C. The van der Waals surface area contributed by atoms with E-state index < -0.39 is 124 Å². The second-order valence-electron chi connectivity index (χ2n) is 25.2. The van der Waals surface area contributed by atoms with Crippen LogP contribution in [0.1, 0.15) is 141 Å². The van der Waals surface area contributed by atoms with Crippen molar-refractivity contribution >= 4 is 28.3 Å². The van der Waals surface area contributed by atoms with Crippen LogP contribution in [0.5, 0.6) is 0 Å². The first-order valence-electron chi connectivity index (χ1n) is 27.5. The number of rotatable bonds is 17. The van der Waals surface area contributed by atoms with Crippen molar-refractivity contribution in [2.45, 2.75) is 276 Å². The largest absolute Gasteiger partial charge is 0.459 e. The molecule has 2 N–H and O–H groups in total. The quantitative estimate of drug-likeness (QED) is 0.0464. The van der Waals surface area contributed by atoms with Gasteiger partial charge in [-0.05, 0) is 141 Å². The molecule has 18 atom stereocenters. The average Bonchev–Trinajstić information content (AvgIpc) is 3.28. The highest BCUT2D eigenvalue weighted by Gasteiger charge is 2.55. The molecule has 16 nitrogen and oxygen atoms in total. The third kappa shape index (κ3) is 16.5. The van der Waals surface area contributed by atoms with Crippen molar-refractivity contribution in [1.82, 2.24) is 4.90 Å². The molecule has 0 aromatic rings. The van der Waals surface area contributed by atoms with Crippen LogP contribution in [0.4, 0.5) is 0 Å². The van der Waals surface area contributed by atoms with Gasteiger partial charge in [0, 0.05) is 50.2 Å². The number of terminal acetylenes is 1. The number of methoxy groups -OCH3 is 1. The number of nitrogens with zero attached hydrogens (tertiary/aromatic N) is 2. The lowest BCUT2D eigenvalue weighted by Crippen LogP contribution is -2.63. The lowest BCUT2D eigenvalue weighted by atomic mass is 9.73. The van der Waals surface area contributed by atoms with Crippen molar-refractivity contribution in [3.05, 3.63) is 0 Å². The van der Waals surface area contributed by atoms with E-state index in [0.29, 0.717) is 25.0 Å². The van der Waals surface area contributed by atoms with E-state index in [-0.39, 0.29) is 44.1 Å². The molecule has 3 heterocycles. The number of hydrogen-bond donors (Lipinski definition) is 2. The normalized spacial score (nSPS) is 41.3. The Labute approximate surface area is 443 Å². The van der Waals surface area contributed by atoms with Crippen molar-refractivity contribution in [3.63, 3.8) is 0 Å². The van der Waals surface area contributed by atoms with Gasteiger partial charge in [-0.1, -0.05) is 45.2 Å². The molecule has 3 aliphatic heterocycles. The Hall–Kier alpha value is -1.55. The molecule has 0 amide bonds. The predicted octanol–water partition coefficient (Wildman–Crippen LogP) is 9.05. The molecule has 0 radical (unpaired) electrons. The molecule has 424 valence electrons. The fraction of sp³-hybridized carbons (Fsp3) is 0.927. The molecule has 0 unspecified atom stereocenters. The van der Waals surface area contributed by atoms with Gasteiger partial charge in [-0.2, -0.15) is 0 Å². The standard InChI is InChI=1S/C55H102N2O14Si2/c1-23-30-62-53(12)32-35(5)44(56-71-55(68-34(3)4)28-26-25-27-29-55)37(7)47(58)54(13,60)42(24-2)65-50(59)39(9)45(66-43-33-52(11,61-16)49(40(10)64-43)70-73(20,21)22)38(8)48(53)67-51-46(69-72(17,18)19)41(57(14)15)31-36(6)63-51/h1,34-43,45-49,51,58,60H,24-33H2,2-22H3/b56-44+/t35-,36-,37-,38+,39-,40+,41+,42+,43+,45+,46-,47-,48-,49+,51+,52-,53+,54-/m1/s1. The van der Waals surface area contributed by atoms with E-state index in [0.717, 1.165) is 19.3 Å². The Morgan fingerprint density at radius 1 is 0.863 bits per heavy atom. The van der Waals surface area contributed by atoms with Gasteiger partial charge in [-0.3, -0.25) is 4.79 Å². The van der Waals surface area contributed by atoms with Gasteiger partial charge in [0.1, 0.15) is 24.4 Å². The molecule has 18 heteroatoms. The molecule has 1 aliphatic carbocycles. The van der Waals surface area contributed by atoms with Crippen LogP contribution in [0.3, 0.4) is 0 Å². The summed E-state index contributed by atoms with van der Waals surface area (Å²) < 4.78 is 68.3. The number of oxime groups is 1. The summed E-state index contributed by atoms with van der Waals surface area (Å²) in [6.07, 6.45) is 3.59. The molecule has 0 bridgehead atoms. The van der Waals surface area contributed by atoms with Gasteiger partial charge in [-0.15, -0.1) is 6.42 Å². The molecule has 73 heavy (non-hydrogen) atoms. The summed E-state index contributed by atoms with van der Waals surface area (Å²) in [5, 5.41) is 29.9. The van der Waals surface area contributed by atoms with E-state index in [4.69, 9.17) is 63.2 Å². The monoisotopic (exact) mass is 1070 g/mol. The van der Waals surface area contributed by atoms with Crippen LogP contribution in [0.2, 0.25) is 39.3 Å². The summed E-state index contributed by atoms with van der Waals surface area (Å²) >= 11 is 0. The number of carbonyl (C=O) groups excluding carboxylic acids is 1. The number of ether oxygens (including phenoxy) is 8. The maximum Gasteiger partial charge on any atom is 0.311 e. The Balaban J connectivity index is 2.04. The van der Waals surface area contributed by atoms with Crippen LogP contribution >= 0.6 is 0 Å². The minimum absolute atomic E-state index is 0.0700. The molecule has 0 aromatic heterocycles. The molecule has 1 saturated carbocycles. The molecule has 4 aliphatic rings. The number of aliphatic hydroxyl groups is 2. The third-order valence-electron chi connectivity index (χ3n) is 15.6. The Kier molecular flexibility index (Phi) is 22.7. The van der Waals surface area contributed by atoms with Crippen LogP contribution < -0.4 is 0 Å². The van der Waals surface area contributed by atoms with E-state index in [1.165, 1.54) is 6.92 Å². The second kappa shape index (κ2) is 25.9. The van der Waals surface area contributed by atoms with Crippen LogP contribution in [-0.4, -0.2) is 167 Å². The van der Waals surface area contributed by atoms with Crippen molar-refractivity contribution in [2.24, 2.45) is 28.8 Å². The van der Waals surface area contributed by atoms with Gasteiger partial charge in [0.05, 0.1) is 65.6 Å². The Morgan fingerprint density at radius 3 is 2.01 bits per heavy atom. The minimum atomic E-state index is -2.25. The molecule has 0 aromatic carbocycles. The summed E-state index contributed by atoms with van der Waals surface area (Å²) in [7, 11) is 1.44. The van der Waals surface area contributed by atoms with Gasteiger partial charge in [0.25, 0.3) is 0 Å². The smallest absolute Gasteiger partial charge is 0.311 e. The van der Waals surface area contributed by atoms with Gasteiger partial charge < -0.3 is 66.7 Å². The highest BCUT2D eigenvalue weighted by molar-refractivity contribution is 6.70. The van der Waals surface area contributed by atoms with E-state index >= 15 is 4.79 Å². The number of aliphatic hydroxyl groups excluding tert-OH is 1. The number of cyclic esters (lactones) is 1. The van der Waals surface area contributed by atoms with Crippen LogP contribution in [0, 0.1) is 36.0 Å². The first-order valence-corrected chi connectivity index (χ1v) is 34.3. The maximum absolute atomic E-state index is 15.0. The number of esters is 1. The lowest BCUT2D eigenvalue weighted by molar-refractivity contribution is -0.317. The highest BCUT2D eigenvalue weighted by Crippen LogP contribution is 2.44. The fourth-order valence-corrected chi connectivity index (χ4v) is 14.2. The molecule has 3 saturated heterocycles. The average molecular weight is 1070 g/mol. The second-order valence-corrected chi connectivity index (χ2v) is 34.1. The number of likely N-dealkylation sites (N-methyl/N-ethyl adjacent to an activating group) is 1. The van der Waals surface area contributed by atoms with Crippen LogP contribution in [0.25, 0.3) is 0 Å². The van der Waals surface area contributed by atoms with Crippen LogP contribution in [0.15, 0.2) is 5.16 Å². The van der Waals surface area contributed by atoms with E-state index in [9.17, 15) is 10.2 Å².